The second-order valence-electron chi connectivity index (χ2n) is 3.55. The summed E-state index contributed by atoms with van der Waals surface area (Å²) in [6, 6.07) is 3.75. The molecule has 1 aromatic rings. The van der Waals surface area contributed by atoms with Gasteiger partial charge in [0, 0.05) is 10.7 Å². The molecule has 0 saturated carbocycles. The van der Waals surface area contributed by atoms with Crippen LogP contribution in [0.1, 0.15) is 24.6 Å². The fourth-order valence-electron chi connectivity index (χ4n) is 1.57. The second kappa shape index (κ2) is 4.77. The fraction of sp³-hybridized carbons (Fsp3) is 0.364. The molecular weight excluding hydrogens is 256 g/mol. The number of hydrogen-bond donors (Lipinski definition) is 1. The van der Waals surface area contributed by atoms with Crippen LogP contribution in [0.4, 0.5) is 0 Å². The van der Waals surface area contributed by atoms with Crippen molar-refractivity contribution >= 4 is 15.9 Å². The molecule has 0 fully saturated rings. The Labute approximate surface area is 97.5 Å². The third kappa shape index (κ3) is 2.58. The first-order valence-electron chi connectivity index (χ1n) is 4.95. The number of nitrogens with zero attached hydrogens (tertiary/aromatic N) is 1. The van der Waals surface area contributed by atoms with Gasteiger partial charge in [0.15, 0.2) is 0 Å². The van der Waals surface area contributed by atoms with Gasteiger partial charge in [-0.2, -0.15) is 0 Å². The minimum atomic E-state index is -0.140. The van der Waals surface area contributed by atoms with E-state index in [1.807, 2.05) is 12.1 Å². The molecule has 1 unspecified atom stereocenters. The van der Waals surface area contributed by atoms with E-state index in [9.17, 15) is 0 Å². The zero-order chi connectivity index (χ0) is 10.7. The van der Waals surface area contributed by atoms with Gasteiger partial charge in [-0.15, -0.1) is 0 Å². The summed E-state index contributed by atoms with van der Waals surface area (Å²) in [5.74, 6) is 0. The van der Waals surface area contributed by atoms with Crippen LogP contribution >= 0.6 is 15.9 Å². The largest absolute Gasteiger partial charge is 0.501 e. The molecular formula is C11H13BrN2O. The van der Waals surface area contributed by atoms with Crippen LogP contribution in [-0.2, 0) is 4.74 Å². The van der Waals surface area contributed by atoms with Gasteiger partial charge in [0.25, 0.3) is 0 Å². The van der Waals surface area contributed by atoms with Crippen LogP contribution < -0.4 is 5.73 Å². The fourth-order valence-corrected chi connectivity index (χ4v) is 1.81. The summed E-state index contributed by atoms with van der Waals surface area (Å²) < 4.78 is 6.23. The Kier molecular flexibility index (Phi) is 3.38. The lowest BCUT2D eigenvalue weighted by Crippen LogP contribution is -2.17. The van der Waals surface area contributed by atoms with E-state index in [2.05, 4.69) is 20.9 Å². The van der Waals surface area contributed by atoms with Gasteiger partial charge < -0.3 is 10.5 Å². The summed E-state index contributed by atoms with van der Waals surface area (Å²) in [5, 5.41) is 0. The van der Waals surface area contributed by atoms with Crippen molar-refractivity contribution < 1.29 is 4.74 Å². The Morgan fingerprint density at radius 3 is 2.93 bits per heavy atom. The predicted octanol–water partition coefficient (Wildman–Crippen LogP) is 2.54. The molecule has 0 radical (unpaired) electrons. The molecule has 1 aliphatic heterocycles. The van der Waals surface area contributed by atoms with Crippen LogP contribution in [0.2, 0.25) is 0 Å². The molecule has 2 N–H and O–H groups in total. The molecule has 0 spiro atoms. The standard InChI is InChI=1S/C11H13BrN2O/c12-9-3-4-10(14-6-9)11(13)8-2-1-5-15-7-8/h3-4,6-7,11H,1-2,5,13H2. The van der Waals surface area contributed by atoms with E-state index in [0.29, 0.717) is 0 Å². The molecule has 1 aromatic heterocycles. The van der Waals surface area contributed by atoms with E-state index < -0.39 is 0 Å². The monoisotopic (exact) mass is 268 g/mol. The van der Waals surface area contributed by atoms with Crippen molar-refractivity contribution in [3.63, 3.8) is 0 Å². The second-order valence-corrected chi connectivity index (χ2v) is 4.46. The zero-order valence-electron chi connectivity index (χ0n) is 8.32. The molecule has 2 rings (SSSR count). The van der Waals surface area contributed by atoms with E-state index in [4.69, 9.17) is 10.5 Å². The van der Waals surface area contributed by atoms with Gasteiger partial charge in [-0.05, 0) is 46.5 Å². The lowest BCUT2D eigenvalue weighted by molar-refractivity contribution is 0.221. The van der Waals surface area contributed by atoms with E-state index >= 15 is 0 Å². The average molecular weight is 269 g/mol. The Hall–Kier alpha value is -0.870. The maximum Gasteiger partial charge on any atom is 0.0876 e. The Balaban J connectivity index is 2.16. The Bertz CT molecular complexity index is 361. The van der Waals surface area contributed by atoms with Crippen molar-refractivity contribution in [3.05, 3.63) is 40.3 Å². The van der Waals surface area contributed by atoms with Gasteiger partial charge in [0.2, 0.25) is 0 Å². The number of hydrogen-bond acceptors (Lipinski definition) is 3. The Morgan fingerprint density at radius 2 is 2.33 bits per heavy atom. The molecule has 3 nitrogen and oxygen atoms in total. The first kappa shape index (κ1) is 10.6. The Morgan fingerprint density at radius 1 is 1.47 bits per heavy atom. The lowest BCUT2D eigenvalue weighted by Gasteiger charge is -2.19. The summed E-state index contributed by atoms with van der Waals surface area (Å²) in [4.78, 5) is 4.29. The van der Waals surface area contributed by atoms with Crippen molar-refractivity contribution in [2.75, 3.05) is 6.61 Å². The molecule has 0 bridgehead atoms. The van der Waals surface area contributed by atoms with Gasteiger partial charge in [-0.1, -0.05) is 0 Å². The topological polar surface area (TPSA) is 48.1 Å². The minimum absolute atomic E-state index is 0.140. The van der Waals surface area contributed by atoms with Crippen molar-refractivity contribution in [1.82, 2.24) is 4.98 Å². The third-order valence-corrected chi connectivity index (χ3v) is 2.90. The number of halogens is 1. The molecule has 1 atom stereocenters. The van der Waals surface area contributed by atoms with Gasteiger partial charge >= 0.3 is 0 Å². The third-order valence-electron chi connectivity index (χ3n) is 2.43. The summed E-state index contributed by atoms with van der Waals surface area (Å²) in [6.07, 6.45) is 5.58. The van der Waals surface area contributed by atoms with Crippen molar-refractivity contribution in [2.24, 2.45) is 5.73 Å². The van der Waals surface area contributed by atoms with Gasteiger partial charge in [-0.25, -0.2) is 0 Å². The number of rotatable bonds is 2. The van der Waals surface area contributed by atoms with Crippen LogP contribution in [0.15, 0.2) is 34.6 Å². The number of aromatic nitrogens is 1. The van der Waals surface area contributed by atoms with Gasteiger partial charge in [0.05, 0.1) is 24.6 Å². The van der Waals surface area contributed by atoms with E-state index in [0.717, 1.165) is 35.2 Å². The van der Waals surface area contributed by atoms with E-state index in [-0.39, 0.29) is 6.04 Å². The zero-order valence-corrected chi connectivity index (χ0v) is 9.90. The highest BCUT2D eigenvalue weighted by Gasteiger charge is 2.15. The van der Waals surface area contributed by atoms with Crippen LogP contribution in [-0.4, -0.2) is 11.6 Å². The molecule has 4 heteroatoms. The molecule has 80 valence electrons. The van der Waals surface area contributed by atoms with Crippen molar-refractivity contribution in [2.45, 2.75) is 18.9 Å². The first-order valence-corrected chi connectivity index (χ1v) is 5.74. The van der Waals surface area contributed by atoms with Crippen LogP contribution in [0.5, 0.6) is 0 Å². The summed E-state index contributed by atoms with van der Waals surface area (Å²) >= 11 is 3.35. The molecule has 1 aliphatic rings. The quantitative estimate of drug-likeness (QED) is 0.897. The predicted molar refractivity (Wildman–Crippen MR) is 62.1 cm³/mol. The average Bonchev–Trinajstić information content (AvgIpc) is 2.30. The SMILES string of the molecule is NC(C1=COCCC1)c1ccc(Br)cn1. The van der Waals surface area contributed by atoms with Crippen molar-refractivity contribution in [1.29, 1.82) is 0 Å². The molecule has 0 amide bonds. The molecule has 15 heavy (non-hydrogen) atoms. The van der Waals surface area contributed by atoms with E-state index in [1.165, 1.54) is 0 Å². The molecule has 0 aliphatic carbocycles. The maximum absolute atomic E-state index is 6.09. The van der Waals surface area contributed by atoms with Crippen LogP contribution in [0, 0.1) is 0 Å². The summed E-state index contributed by atoms with van der Waals surface area (Å²) in [5.41, 5.74) is 8.10. The van der Waals surface area contributed by atoms with Gasteiger partial charge in [0.1, 0.15) is 0 Å². The number of pyridine rings is 1. The molecule has 2 heterocycles. The smallest absolute Gasteiger partial charge is 0.0876 e. The minimum Gasteiger partial charge on any atom is -0.501 e. The van der Waals surface area contributed by atoms with Crippen LogP contribution in [0.25, 0.3) is 0 Å². The molecule has 0 aromatic carbocycles. The lowest BCUT2D eigenvalue weighted by atomic mass is 10.00. The highest BCUT2D eigenvalue weighted by Crippen LogP contribution is 2.24. The normalized spacial score (nSPS) is 17.9. The summed E-state index contributed by atoms with van der Waals surface area (Å²) in [6.45, 7) is 0.796. The van der Waals surface area contributed by atoms with Crippen LogP contribution in [0.3, 0.4) is 0 Å². The molecule has 0 saturated heterocycles. The van der Waals surface area contributed by atoms with Gasteiger partial charge in [-0.3, -0.25) is 4.98 Å². The number of ether oxygens (including phenoxy) is 1. The first-order chi connectivity index (χ1) is 7.27. The highest BCUT2D eigenvalue weighted by molar-refractivity contribution is 9.10. The maximum atomic E-state index is 6.09. The van der Waals surface area contributed by atoms with Crippen molar-refractivity contribution in [3.8, 4) is 0 Å². The summed E-state index contributed by atoms with van der Waals surface area (Å²) in [7, 11) is 0. The van der Waals surface area contributed by atoms with E-state index in [1.54, 1.807) is 12.5 Å². The highest BCUT2D eigenvalue weighted by atomic mass is 79.9. The number of nitrogens with two attached hydrogens (primary N) is 1.